The summed E-state index contributed by atoms with van der Waals surface area (Å²) in [5.41, 5.74) is 2.42. The number of ether oxygens (including phenoxy) is 2. The van der Waals surface area contributed by atoms with Crippen molar-refractivity contribution in [3.8, 4) is 0 Å². The quantitative estimate of drug-likeness (QED) is 0.803. The summed E-state index contributed by atoms with van der Waals surface area (Å²) in [6, 6.07) is 6.14. The van der Waals surface area contributed by atoms with Crippen LogP contribution >= 0.6 is 0 Å². The number of hydrogen-bond acceptors (Lipinski definition) is 5. The van der Waals surface area contributed by atoms with E-state index in [9.17, 15) is 0 Å². The number of hydrogen-bond donors (Lipinski definition) is 0. The molecule has 0 radical (unpaired) electrons. The first-order valence-electron chi connectivity index (χ1n) is 9.14. The van der Waals surface area contributed by atoms with Crippen molar-refractivity contribution in [3.63, 3.8) is 0 Å². The predicted octanol–water partition coefficient (Wildman–Crippen LogP) is 1.96. The lowest BCUT2D eigenvalue weighted by molar-refractivity contribution is 0.0633. The number of rotatable bonds is 6. The van der Waals surface area contributed by atoms with Crippen molar-refractivity contribution < 1.29 is 9.47 Å². The van der Waals surface area contributed by atoms with Gasteiger partial charge in [0.15, 0.2) is 0 Å². The lowest BCUT2D eigenvalue weighted by Crippen LogP contribution is -2.34. The van der Waals surface area contributed by atoms with Crippen LogP contribution in [0.3, 0.4) is 0 Å². The maximum absolute atomic E-state index is 5.99. The van der Waals surface area contributed by atoms with Crippen molar-refractivity contribution in [2.75, 3.05) is 32.9 Å². The predicted molar refractivity (Wildman–Crippen MR) is 93.8 cm³/mol. The van der Waals surface area contributed by atoms with Crippen LogP contribution in [0.2, 0.25) is 0 Å². The van der Waals surface area contributed by atoms with Gasteiger partial charge in [-0.05, 0) is 30.0 Å². The fourth-order valence-electron chi connectivity index (χ4n) is 3.78. The van der Waals surface area contributed by atoms with Crippen LogP contribution in [0.15, 0.2) is 36.8 Å². The van der Waals surface area contributed by atoms with E-state index in [2.05, 4.69) is 31.8 Å². The molecule has 4 rings (SSSR count). The summed E-state index contributed by atoms with van der Waals surface area (Å²) >= 11 is 0. The van der Waals surface area contributed by atoms with Gasteiger partial charge in [-0.25, -0.2) is 0 Å². The molecule has 1 saturated heterocycles. The van der Waals surface area contributed by atoms with Gasteiger partial charge < -0.3 is 9.47 Å². The zero-order valence-corrected chi connectivity index (χ0v) is 14.6. The van der Waals surface area contributed by atoms with Crippen LogP contribution in [0.25, 0.3) is 0 Å². The van der Waals surface area contributed by atoms with Gasteiger partial charge in [0.05, 0.1) is 25.5 Å². The van der Waals surface area contributed by atoms with Crippen molar-refractivity contribution in [2.45, 2.75) is 26.1 Å². The van der Waals surface area contributed by atoms with Gasteiger partial charge in [-0.15, -0.1) is 0 Å². The van der Waals surface area contributed by atoms with Crippen molar-refractivity contribution in [3.05, 3.63) is 48.0 Å². The zero-order valence-electron chi connectivity index (χ0n) is 14.6. The van der Waals surface area contributed by atoms with Crippen molar-refractivity contribution in [2.24, 2.45) is 11.8 Å². The van der Waals surface area contributed by atoms with Crippen LogP contribution in [-0.4, -0.2) is 52.6 Å². The molecule has 0 bridgehead atoms. The Labute approximate surface area is 148 Å². The second kappa shape index (κ2) is 8.08. The van der Waals surface area contributed by atoms with Crippen LogP contribution in [-0.2, 0) is 29.2 Å². The molecule has 0 aromatic carbocycles. The summed E-state index contributed by atoms with van der Waals surface area (Å²) in [5, 5.41) is 4.50. The monoisotopic (exact) mass is 342 g/mol. The lowest BCUT2D eigenvalue weighted by atomic mass is 10.1. The summed E-state index contributed by atoms with van der Waals surface area (Å²) in [5.74, 6) is 1.10. The maximum Gasteiger partial charge on any atom is 0.0731 e. The maximum atomic E-state index is 5.99. The average Bonchev–Trinajstić information content (AvgIpc) is 3.25. The Morgan fingerprint density at radius 3 is 3.04 bits per heavy atom. The van der Waals surface area contributed by atoms with E-state index in [1.807, 2.05) is 18.5 Å². The van der Waals surface area contributed by atoms with E-state index in [4.69, 9.17) is 9.47 Å². The fourth-order valence-corrected chi connectivity index (χ4v) is 3.78. The topological polar surface area (TPSA) is 52.4 Å². The van der Waals surface area contributed by atoms with Gasteiger partial charge in [-0.3, -0.25) is 14.6 Å². The summed E-state index contributed by atoms with van der Waals surface area (Å²) in [7, 11) is 0. The first-order valence-corrected chi connectivity index (χ1v) is 9.14. The first-order chi connectivity index (χ1) is 12.4. The molecule has 0 aliphatic carbocycles. The van der Waals surface area contributed by atoms with Gasteiger partial charge in [0.25, 0.3) is 0 Å². The minimum atomic E-state index is 0.445. The van der Waals surface area contributed by atoms with E-state index < -0.39 is 0 Å². The highest BCUT2D eigenvalue weighted by molar-refractivity contribution is 5.06. The Morgan fingerprint density at radius 2 is 2.20 bits per heavy atom. The van der Waals surface area contributed by atoms with Crippen LogP contribution in [0.5, 0.6) is 0 Å². The summed E-state index contributed by atoms with van der Waals surface area (Å²) in [6.07, 6.45) is 6.74. The molecule has 4 heterocycles. The molecule has 0 unspecified atom stereocenters. The standard InChI is InChI=1S/C19H26N4O2/c1-2-16(8-20-5-1)13-25-15-18-10-22(9-17-4-7-24-14-17)12-19-3-6-21-23(19)11-18/h1-3,5-6,8,17-18H,4,7,9-15H2/t17-,18+/m0/s1. The average molecular weight is 342 g/mol. The van der Waals surface area contributed by atoms with E-state index in [0.29, 0.717) is 18.4 Å². The molecular formula is C19H26N4O2. The zero-order chi connectivity index (χ0) is 16.9. The van der Waals surface area contributed by atoms with E-state index in [1.165, 1.54) is 12.1 Å². The molecule has 0 amide bonds. The first kappa shape index (κ1) is 16.7. The van der Waals surface area contributed by atoms with Gasteiger partial charge >= 0.3 is 0 Å². The number of fused-ring (bicyclic) bond motifs is 1. The largest absolute Gasteiger partial charge is 0.381 e. The normalized spacial score (nSPS) is 24.2. The number of aromatic nitrogens is 3. The van der Waals surface area contributed by atoms with E-state index >= 15 is 0 Å². The molecule has 2 aliphatic heterocycles. The minimum Gasteiger partial charge on any atom is -0.381 e. The molecule has 0 N–H and O–H groups in total. The molecule has 0 spiro atoms. The molecule has 6 heteroatoms. The fraction of sp³-hybridized carbons (Fsp3) is 0.579. The minimum absolute atomic E-state index is 0.445. The Hall–Kier alpha value is -1.76. The van der Waals surface area contributed by atoms with Crippen LogP contribution in [0, 0.1) is 11.8 Å². The smallest absolute Gasteiger partial charge is 0.0731 e. The molecule has 2 aliphatic rings. The van der Waals surface area contributed by atoms with E-state index in [-0.39, 0.29) is 0 Å². The third kappa shape index (κ3) is 4.45. The molecule has 0 saturated carbocycles. The summed E-state index contributed by atoms with van der Waals surface area (Å²) in [4.78, 5) is 6.70. The Balaban J connectivity index is 1.36. The SMILES string of the molecule is c1cncc(COC[C@@H]2CN(C[C@@H]3CCOC3)Cc3ccnn3C2)c1. The van der Waals surface area contributed by atoms with E-state index in [1.54, 1.807) is 6.20 Å². The number of nitrogens with zero attached hydrogens (tertiary/aromatic N) is 4. The highest BCUT2D eigenvalue weighted by Gasteiger charge is 2.26. The second-order valence-corrected chi connectivity index (χ2v) is 7.17. The molecule has 25 heavy (non-hydrogen) atoms. The highest BCUT2D eigenvalue weighted by atomic mass is 16.5. The molecule has 134 valence electrons. The Morgan fingerprint density at radius 1 is 1.20 bits per heavy atom. The highest BCUT2D eigenvalue weighted by Crippen LogP contribution is 2.20. The Bertz CT molecular complexity index is 654. The molecular weight excluding hydrogens is 316 g/mol. The van der Waals surface area contributed by atoms with Gasteiger partial charge in [-0.2, -0.15) is 5.10 Å². The summed E-state index contributed by atoms with van der Waals surface area (Å²) in [6.45, 7) is 7.21. The van der Waals surface area contributed by atoms with Gasteiger partial charge in [-0.1, -0.05) is 6.07 Å². The lowest BCUT2D eigenvalue weighted by Gasteiger charge is -2.26. The molecule has 2 aromatic rings. The molecule has 2 atom stereocenters. The number of pyridine rings is 1. The molecule has 1 fully saturated rings. The van der Waals surface area contributed by atoms with Gasteiger partial charge in [0.2, 0.25) is 0 Å². The van der Waals surface area contributed by atoms with Crippen molar-refractivity contribution in [1.82, 2.24) is 19.7 Å². The van der Waals surface area contributed by atoms with Crippen molar-refractivity contribution in [1.29, 1.82) is 0 Å². The van der Waals surface area contributed by atoms with Crippen LogP contribution in [0.4, 0.5) is 0 Å². The van der Waals surface area contributed by atoms with Gasteiger partial charge in [0, 0.05) is 57.3 Å². The third-order valence-electron chi connectivity index (χ3n) is 5.02. The molecule has 2 aromatic heterocycles. The van der Waals surface area contributed by atoms with Crippen LogP contribution < -0.4 is 0 Å². The van der Waals surface area contributed by atoms with Gasteiger partial charge in [0.1, 0.15) is 0 Å². The summed E-state index contributed by atoms with van der Waals surface area (Å²) < 4.78 is 13.7. The second-order valence-electron chi connectivity index (χ2n) is 7.17. The van der Waals surface area contributed by atoms with E-state index in [0.717, 1.165) is 51.6 Å². The Kier molecular flexibility index (Phi) is 5.40. The third-order valence-corrected chi connectivity index (χ3v) is 5.02. The van der Waals surface area contributed by atoms with Crippen molar-refractivity contribution >= 4 is 0 Å². The molecule has 6 nitrogen and oxygen atoms in total. The van der Waals surface area contributed by atoms with Crippen LogP contribution in [0.1, 0.15) is 17.7 Å².